The molecule has 0 rings (SSSR count). The van der Waals surface area contributed by atoms with Gasteiger partial charge in [-0.3, -0.25) is 0 Å². The van der Waals surface area contributed by atoms with Gasteiger partial charge in [0.25, 0.3) is 0 Å². The first-order chi connectivity index (χ1) is 4.74. The number of hydrogen-bond donors (Lipinski definition) is 0. The second-order valence-electron chi connectivity index (χ2n) is 2.09. The van der Waals surface area contributed by atoms with Crippen LogP contribution in [0.1, 0.15) is 26.7 Å². The van der Waals surface area contributed by atoms with Crippen LogP contribution in [-0.4, -0.2) is 10.7 Å². The Balaban J connectivity index is 4.50. The van der Waals surface area contributed by atoms with Gasteiger partial charge in [0.15, 0.2) is 0 Å². The third kappa shape index (κ3) is 1.95. The maximum Gasteiger partial charge on any atom is 0.130 e. The van der Waals surface area contributed by atoms with Crippen LogP contribution in [0.4, 0.5) is 0 Å². The number of thiocarbonyl (C=S) groups is 1. The fraction of sp³-hybridized carbons (Fsp3) is 0.625. The molecule has 0 heterocycles. The quantitative estimate of drug-likeness (QED) is 0.344. The highest BCUT2D eigenvalue weighted by atomic mass is 32.1. The lowest BCUT2D eigenvalue weighted by atomic mass is 9.95. The largest absolute Gasteiger partial charge is 0.213 e. The van der Waals surface area contributed by atoms with Crippen LogP contribution >= 0.6 is 12.2 Å². The Morgan fingerprint density at radius 3 is 2.10 bits per heavy atom. The minimum Gasteiger partial charge on any atom is -0.213 e. The molecular formula is C8H11NS. The second-order valence-corrected chi connectivity index (χ2v) is 2.27. The van der Waals surface area contributed by atoms with Crippen LogP contribution in [0.15, 0.2) is 4.99 Å². The van der Waals surface area contributed by atoms with E-state index in [9.17, 15) is 0 Å². The first-order valence-corrected chi connectivity index (χ1v) is 3.72. The van der Waals surface area contributed by atoms with Crippen molar-refractivity contribution >= 4 is 17.4 Å². The zero-order valence-corrected chi connectivity index (χ0v) is 7.16. The zero-order valence-electron chi connectivity index (χ0n) is 6.35. The number of terminal acetylenes is 1. The van der Waals surface area contributed by atoms with E-state index >= 15 is 0 Å². The molecule has 0 aliphatic heterocycles. The van der Waals surface area contributed by atoms with Gasteiger partial charge < -0.3 is 0 Å². The fourth-order valence-electron chi connectivity index (χ4n) is 0.732. The van der Waals surface area contributed by atoms with Gasteiger partial charge >= 0.3 is 0 Å². The monoisotopic (exact) mass is 153 g/mol. The summed E-state index contributed by atoms with van der Waals surface area (Å²) in [5, 5.41) is 2.33. The van der Waals surface area contributed by atoms with Gasteiger partial charge in [-0.25, -0.2) is 4.99 Å². The maximum atomic E-state index is 5.28. The van der Waals surface area contributed by atoms with Gasteiger partial charge in [0.05, 0.1) is 5.16 Å². The average molecular weight is 153 g/mol. The summed E-state index contributed by atoms with van der Waals surface area (Å²) in [4.78, 5) is 3.94. The lowest BCUT2D eigenvalue weighted by Crippen LogP contribution is -2.20. The van der Waals surface area contributed by atoms with E-state index in [1.165, 1.54) is 0 Å². The van der Waals surface area contributed by atoms with Crippen molar-refractivity contribution < 1.29 is 0 Å². The molecule has 0 amide bonds. The van der Waals surface area contributed by atoms with Gasteiger partial charge in [0.2, 0.25) is 0 Å². The van der Waals surface area contributed by atoms with E-state index in [0.717, 1.165) is 12.8 Å². The summed E-state index contributed by atoms with van der Waals surface area (Å²) in [6.07, 6.45) is 6.93. The first-order valence-electron chi connectivity index (χ1n) is 3.31. The van der Waals surface area contributed by atoms with Crippen LogP contribution in [0.3, 0.4) is 0 Å². The predicted octanol–water partition coefficient (Wildman–Crippen LogP) is 2.28. The van der Waals surface area contributed by atoms with Crippen LogP contribution in [0.25, 0.3) is 0 Å². The van der Waals surface area contributed by atoms with Crippen LogP contribution in [0.2, 0.25) is 0 Å². The summed E-state index contributed by atoms with van der Waals surface area (Å²) in [6, 6.07) is 0. The van der Waals surface area contributed by atoms with Crippen molar-refractivity contribution in [1.82, 2.24) is 0 Å². The molecule has 0 fully saturated rings. The Morgan fingerprint density at radius 1 is 1.50 bits per heavy atom. The summed E-state index contributed by atoms with van der Waals surface area (Å²) in [5.74, 6) is 2.62. The molecule has 0 bridgehead atoms. The zero-order chi connectivity index (χ0) is 8.04. The molecule has 0 aromatic heterocycles. The van der Waals surface area contributed by atoms with E-state index in [-0.39, 0.29) is 5.54 Å². The lowest BCUT2D eigenvalue weighted by Gasteiger charge is -2.17. The van der Waals surface area contributed by atoms with E-state index in [1.807, 2.05) is 13.8 Å². The van der Waals surface area contributed by atoms with Gasteiger partial charge in [0.1, 0.15) is 5.54 Å². The fourth-order valence-corrected chi connectivity index (χ4v) is 0.907. The van der Waals surface area contributed by atoms with Crippen molar-refractivity contribution in [3.8, 4) is 12.3 Å². The normalized spacial score (nSPS) is 9.70. The summed E-state index contributed by atoms with van der Waals surface area (Å²) >= 11 is 4.49. The molecule has 0 N–H and O–H groups in total. The van der Waals surface area contributed by atoms with Crippen molar-refractivity contribution in [3.05, 3.63) is 0 Å². The maximum absolute atomic E-state index is 5.28. The molecule has 0 atom stereocenters. The smallest absolute Gasteiger partial charge is 0.130 e. The Labute approximate surface area is 67.5 Å². The number of rotatable bonds is 3. The van der Waals surface area contributed by atoms with Gasteiger partial charge in [-0.2, -0.15) is 0 Å². The highest BCUT2D eigenvalue weighted by Crippen LogP contribution is 2.17. The van der Waals surface area contributed by atoms with Crippen LogP contribution in [0, 0.1) is 12.3 Å². The molecule has 2 heteroatoms. The van der Waals surface area contributed by atoms with E-state index in [4.69, 9.17) is 6.42 Å². The molecule has 54 valence electrons. The summed E-state index contributed by atoms with van der Waals surface area (Å²) in [6.45, 7) is 4.00. The number of isothiocyanates is 1. The molecule has 1 nitrogen and oxygen atoms in total. The molecule has 0 spiro atoms. The summed E-state index contributed by atoms with van der Waals surface area (Å²) < 4.78 is 0. The van der Waals surface area contributed by atoms with Crippen molar-refractivity contribution in [2.45, 2.75) is 32.2 Å². The third-order valence-corrected chi connectivity index (χ3v) is 1.79. The van der Waals surface area contributed by atoms with Crippen molar-refractivity contribution in [1.29, 1.82) is 0 Å². The molecule has 0 saturated carbocycles. The molecule has 10 heavy (non-hydrogen) atoms. The standard InChI is InChI=1S/C8H11NS/c1-4-8(5-2,6-3)9-7-10/h1H,5-6H2,2-3H3. The van der Waals surface area contributed by atoms with Crippen LogP contribution < -0.4 is 0 Å². The summed E-state index contributed by atoms with van der Waals surface area (Å²) in [7, 11) is 0. The number of aliphatic imine (C=N–C) groups is 1. The number of nitrogens with zero attached hydrogens (tertiary/aromatic N) is 1. The molecule has 0 saturated heterocycles. The average Bonchev–Trinajstić information content (AvgIpc) is 2.01. The molecule has 0 aromatic carbocycles. The predicted molar refractivity (Wildman–Crippen MR) is 47.2 cm³/mol. The minimum atomic E-state index is -0.387. The number of hydrogen-bond acceptors (Lipinski definition) is 2. The van der Waals surface area contributed by atoms with E-state index in [2.05, 4.69) is 28.3 Å². The highest BCUT2D eigenvalue weighted by Gasteiger charge is 2.20. The van der Waals surface area contributed by atoms with Crippen molar-refractivity contribution in [3.63, 3.8) is 0 Å². The molecule has 0 radical (unpaired) electrons. The van der Waals surface area contributed by atoms with Crippen molar-refractivity contribution in [2.75, 3.05) is 0 Å². The van der Waals surface area contributed by atoms with E-state index in [0.29, 0.717) is 0 Å². The molecule has 0 aliphatic carbocycles. The Hall–Kier alpha value is -0.640. The first kappa shape index (κ1) is 9.36. The van der Waals surface area contributed by atoms with Gasteiger partial charge in [0, 0.05) is 0 Å². The van der Waals surface area contributed by atoms with Gasteiger partial charge in [-0.05, 0) is 25.1 Å². The molecule has 0 unspecified atom stereocenters. The lowest BCUT2D eigenvalue weighted by molar-refractivity contribution is 0.519. The van der Waals surface area contributed by atoms with E-state index in [1.54, 1.807) is 0 Å². The molecular weight excluding hydrogens is 142 g/mol. The molecule has 0 aromatic rings. The third-order valence-electron chi connectivity index (χ3n) is 1.70. The Morgan fingerprint density at radius 2 is 2.00 bits per heavy atom. The molecule has 0 aliphatic rings. The van der Waals surface area contributed by atoms with Gasteiger partial charge in [-0.1, -0.05) is 19.8 Å². The van der Waals surface area contributed by atoms with E-state index < -0.39 is 0 Å². The second kappa shape index (κ2) is 4.22. The minimum absolute atomic E-state index is 0.387. The SMILES string of the molecule is C#CC(CC)(CC)N=C=S. The van der Waals surface area contributed by atoms with Crippen molar-refractivity contribution in [2.24, 2.45) is 4.99 Å². The van der Waals surface area contributed by atoms with Crippen LogP contribution in [0.5, 0.6) is 0 Å². The topological polar surface area (TPSA) is 12.4 Å². The summed E-state index contributed by atoms with van der Waals surface area (Å²) in [5.41, 5.74) is -0.387. The Bertz CT molecular complexity index is 180. The Kier molecular flexibility index (Phi) is 3.95. The van der Waals surface area contributed by atoms with Gasteiger partial charge in [-0.15, -0.1) is 6.42 Å². The highest BCUT2D eigenvalue weighted by molar-refractivity contribution is 7.78. The van der Waals surface area contributed by atoms with Crippen LogP contribution in [-0.2, 0) is 0 Å².